The summed E-state index contributed by atoms with van der Waals surface area (Å²) in [5.74, 6) is 0.317. The average Bonchev–Trinajstić information content (AvgIpc) is 2.30. The van der Waals surface area contributed by atoms with E-state index >= 15 is 0 Å². The summed E-state index contributed by atoms with van der Waals surface area (Å²) in [7, 11) is 1.52. The number of carbonyl (C=O) groups excluding carboxylic acids is 1. The van der Waals surface area contributed by atoms with Gasteiger partial charge in [0.05, 0.1) is 19.8 Å². The monoisotopic (exact) mass is 224 g/mol. The first-order chi connectivity index (χ1) is 7.70. The largest absolute Gasteiger partial charge is 0.497 e. The van der Waals surface area contributed by atoms with Crippen LogP contribution < -0.4 is 4.74 Å². The summed E-state index contributed by atoms with van der Waals surface area (Å²) in [6.07, 6.45) is 0.183. The molecule has 1 aliphatic rings. The Labute approximate surface area is 93.2 Å². The van der Waals surface area contributed by atoms with Crippen LogP contribution in [0, 0.1) is 5.82 Å². The highest BCUT2D eigenvalue weighted by molar-refractivity contribution is 5.79. The first-order valence-corrected chi connectivity index (χ1v) is 5.17. The van der Waals surface area contributed by atoms with E-state index in [1.165, 1.54) is 13.2 Å². The molecule has 0 spiro atoms. The highest BCUT2D eigenvalue weighted by atomic mass is 19.1. The van der Waals surface area contributed by atoms with E-state index < -0.39 is 6.10 Å². The molecule has 3 nitrogen and oxygen atoms in total. The van der Waals surface area contributed by atoms with Crippen LogP contribution in [0.1, 0.15) is 24.5 Å². The molecule has 16 heavy (non-hydrogen) atoms. The standard InChI is InChI=1S/C12H13FO3/c1-15-9-2-3-11(13)10(7-9)12-6-8(14)4-5-16-12/h2-3,7,12H,4-6H2,1H3. The van der Waals surface area contributed by atoms with Crippen LogP contribution in [0.2, 0.25) is 0 Å². The topological polar surface area (TPSA) is 35.5 Å². The van der Waals surface area contributed by atoms with Crippen molar-refractivity contribution in [1.29, 1.82) is 0 Å². The lowest BCUT2D eigenvalue weighted by molar-refractivity contribution is -0.128. The lowest BCUT2D eigenvalue weighted by Gasteiger charge is -2.22. The van der Waals surface area contributed by atoms with Crippen LogP contribution in [0.4, 0.5) is 4.39 Å². The number of halogens is 1. The number of methoxy groups -OCH3 is 1. The third kappa shape index (κ3) is 2.22. The molecule has 1 aromatic rings. The fourth-order valence-electron chi connectivity index (χ4n) is 1.78. The molecule has 2 rings (SSSR count). The van der Waals surface area contributed by atoms with Gasteiger partial charge in [0.25, 0.3) is 0 Å². The number of rotatable bonds is 2. The maximum Gasteiger partial charge on any atom is 0.138 e. The molecule has 1 fully saturated rings. The van der Waals surface area contributed by atoms with Crippen LogP contribution in [0.5, 0.6) is 5.75 Å². The van der Waals surface area contributed by atoms with Gasteiger partial charge in [0.15, 0.2) is 0 Å². The van der Waals surface area contributed by atoms with Gasteiger partial charge in [0.1, 0.15) is 17.3 Å². The predicted molar refractivity (Wildman–Crippen MR) is 55.9 cm³/mol. The summed E-state index contributed by atoms with van der Waals surface area (Å²) in [6, 6.07) is 4.46. The number of Topliss-reactive ketones (excluding diaryl/α,β-unsaturated/α-hetero) is 1. The highest BCUT2D eigenvalue weighted by Gasteiger charge is 2.24. The van der Waals surface area contributed by atoms with E-state index in [0.717, 1.165) is 0 Å². The van der Waals surface area contributed by atoms with Crippen molar-refractivity contribution in [2.24, 2.45) is 0 Å². The molecule has 0 radical (unpaired) electrons. The summed E-state index contributed by atoms with van der Waals surface area (Å²) in [5, 5.41) is 0. The minimum absolute atomic E-state index is 0.110. The number of ketones is 1. The second-order valence-corrected chi connectivity index (χ2v) is 3.74. The van der Waals surface area contributed by atoms with E-state index in [0.29, 0.717) is 24.3 Å². The Hall–Kier alpha value is -1.42. The number of hydrogen-bond acceptors (Lipinski definition) is 3. The molecule has 1 atom stereocenters. The number of hydrogen-bond donors (Lipinski definition) is 0. The van der Waals surface area contributed by atoms with Crippen molar-refractivity contribution in [2.45, 2.75) is 18.9 Å². The van der Waals surface area contributed by atoms with E-state index in [9.17, 15) is 9.18 Å². The van der Waals surface area contributed by atoms with Crippen molar-refractivity contribution in [3.63, 3.8) is 0 Å². The van der Waals surface area contributed by atoms with E-state index in [1.807, 2.05) is 0 Å². The Bertz CT molecular complexity index is 403. The van der Waals surface area contributed by atoms with Gasteiger partial charge in [-0.2, -0.15) is 0 Å². The number of benzene rings is 1. The molecule has 86 valence electrons. The Balaban J connectivity index is 2.27. The van der Waals surface area contributed by atoms with Gasteiger partial charge >= 0.3 is 0 Å². The van der Waals surface area contributed by atoms with E-state index in [1.54, 1.807) is 12.1 Å². The van der Waals surface area contributed by atoms with Gasteiger partial charge in [0.2, 0.25) is 0 Å². The van der Waals surface area contributed by atoms with Crippen LogP contribution in [-0.2, 0) is 9.53 Å². The zero-order chi connectivity index (χ0) is 11.5. The summed E-state index contributed by atoms with van der Waals surface area (Å²) >= 11 is 0. The fourth-order valence-corrected chi connectivity index (χ4v) is 1.78. The molecule has 0 bridgehead atoms. The molecule has 0 aromatic heterocycles. The SMILES string of the molecule is COc1ccc(F)c(C2CC(=O)CCO2)c1. The van der Waals surface area contributed by atoms with Gasteiger partial charge in [-0.3, -0.25) is 4.79 Å². The Morgan fingerprint density at radius 3 is 3.00 bits per heavy atom. The number of ether oxygens (including phenoxy) is 2. The van der Waals surface area contributed by atoms with Crippen molar-refractivity contribution in [1.82, 2.24) is 0 Å². The van der Waals surface area contributed by atoms with Gasteiger partial charge in [-0.15, -0.1) is 0 Å². The molecule has 0 N–H and O–H groups in total. The molecule has 1 aliphatic heterocycles. The van der Waals surface area contributed by atoms with Crippen LogP contribution in [0.25, 0.3) is 0 Å². The van der Waals surface area contributed by atoms with Crippen molar-refractivity contribution in [2.75, 3.05) is 13.7 Å². The molecule has 1 aromatic carbocycles. The quantitative estimate of drug-likeness (QED) is 0.773. The molecular formula is C12H13FO3. The van der Waals surface area contributed by atoms with Crippen LogP contribution in [0.15, 0.2) is 18.2 Å². The average molecular weight is 224 g/mol. The van der Waals surface area contributed by atoms with Gasteiger partial charge in [-0.25, -0.2) is 4.39 Å². The normalized spacial score (nSPS) is 20.9. The first kappa shape index (κ1) is 11.1. The zero-order valence-electron chi connectivity index (χ0n) is 9.03. The molecule has 0 saturated carbocycles. The van der Waals surface area contributed by atoms with Crippen LogP contribution in [0.3, 0.4) is 0 Å². The Morgan fingerprint density at radius 1 is 1.50 bits per heavy atom. The Morgan fingerprint density at radius 2 is 2.31 bits per heavy atom. The zero-order valence-corrected chi connectivity index (χ0v) is 9.03. The summed E-state index contributed by atoms with van der Waals surface area (Å²) in [5.41, 5.74) is 0.396. The third-order valence-electron chi connectivity index (χ3n) is 2.66. The smallest absolute Gasteiger partial charge is 0.138 e. The molecular weight excluding hydrogens is 211 g/mol. The van der Waals surface area contributed by atoms with Gasteiger partial charge in [-0.05, 0) is 18.2 Å². The second kappa shape index (κ2) is 4.61. The van der Waals surface area contributed by atoms with Crippen LogP contribution in [-0.4, -0.2) is 19.5 Å². The van der Waals surface area contributed by atoms with E-state index in [-0.39, 0.29) is 18.0 Å². The molecule has 1 saturated heterocycles. The highest BCUT2D eigenvalue weighted by Crippen LogP contribution is 2.30. The lowest BCUT2D eigenvalue weighted by atomic mass is 10.00. The molecule has 4 heteroatoms. The number of carbonyl (C=O) groups is 1. The second-order valence-electron chi connectivity index (χ2n) is 3.74. The summed E-state index contributed by atoms with van der Waals surface area (Å²) < 4.78 is 24.0. The van der Waals surface area contributed by atoms with Gasteiger partial charge in [-0.1, -0.05) is 0 Å². The molecule has 1 heterocycles. The summed E-state index contributed by atoms with van der Waals surface area (Å²) in [4.78, 5) is 11.3. The molecule has 0 amide bonds. The molecule has 0 aliphatic carbocycles. The van der Waals surface area contributed by atoms with Gasteiger partial charge in [0, 0.05) is 18.4 Å². The fraction of sp³-hybridized carbons (Fsp3) is 0.417. The van der Waals surface area contributed by atoms with Crippen molar-refractivity contribution < 1.29 is 18.7 Å². The summed E-state index contributed by atoms with van der Waals surface area (Å²) in [6.45, 7) is 0.361. The van der Waals surface area contributed by atoms with Crippen molar-refractivity contribution in [3.05, 3.63) is 29.6 Å². The maximum atomic E-state index is 13.6. The van der Waals surface area contributed by atoms with Crippen LogP contribution >= 0.6 is 0 Å². The minimum Gasteiger partial charge on any atom is -0.497 e. The lowest BCUT2D eigenvalue weighted by Crippen LogP contribution is -2.20. The first-order valence-electron chi connectivity index (χ1n) is 5.17. The van der Waals surface area contributed by atoms with Crippen molar-refractivity contribution in [3.8, 4) is 5.75 Å². The maximum absolute atomic E-state index is 13.6. The van der Waals surface area contributed by atoms with Crippen molar-refractivity contribution >= 4 is 5.78 Å². The van der Waals surface area contributed by atoms with E-state index in [4.69, 9.17) is 9.47 Å². The van der Waals surface area contributed by atoms with Gasteiger partial charge < -0.3 is 9.47 Å². The predicted octanol–water partition coefficient (Wildman–Crippen LogP) is 2.25. The van der Waals surface area contributed by atoms with E-state index in [2.05, 4.69) is 0 Å². The third-order valence-corrected chi connectivity index (χ3v) is 2.66. The minimum atomic E-state index is -0.476. The Kier molecular flexibility index (Phi) is 3.19. The molecule has 1 unspecified atom stereocenters.